The number of fused-ring (bicyclic) bond motifs is 1. The van der Waals surface area contributed by atoms with Gasteiger partial charge in [-0.3, -0.25) is 4.79 Å². The van der Waals surface area contributed by atoms with Crippen molar-refractivity contribution >= 4 is 16.9 Å². The second-order valence-corrected chi connectivity index (χ2v) is 6.16. The Morgan fingerprint density at radius 2 is 2.29 bits per heavy atom. The number of carbonyl (C=O) groups excluding carboxylic acids is 1. The molecule has 0 bridgehead atoms. The van der Waals surface area contributed by atoms with Crippen LogP contribution in [0.3, 0.4) is 0 Å². The third-order valence-electron chi connectivity index (χ3n) is 4.16. The molecule has 1 atom stereocenters. The molecular weight excluding hydrogens is 306 g/mol. The van der Waals surface area contributed by atoms with Crippen LogP contribution in [0.1, 0.15) is 31.5 Å². The van der Waals surface area contributed by atoms with Gasteiger partial charge in [0, 0.05) is 19.6 Å². The first-order chi connectivity index (χ1) is 11.8. The van der Waals surface area contributed by atoms with E-state index in [1.807, 2.05) is 24.3 Å². The highest BCUT2D eigenvalue weighted by atomic mass is 16.5. The number of nitrogens with one attached hydrogen (secondary N) is 2. The van der Waals surface area contributed by atoms with Crippen LogP contribution in [0.5, 0.6) is 0 Å². The molecule has 1 amide bonds. The number of aryl methyl sites for hydroxylation is 1. The summed E-state index contributed by atoms with van der Waals surface area (Å²) in [6, 6.07) is 7.97. The SMILES string of the molecule is O=C(COC[C@H]1CCCCO1)NCCCc1nc2ccccc2[nH]1. The predicted octanol–water partition coefficient (Wildman–Crippen LogP) is 2.20. The molecule has 0 radical (unpaired) electrons. The zero-order chi connectivity index (χ0) is 16.6. The van der Waals surface area contributed by atoms with Crippen molar-refractivity contribution in [2.24, 2.45) is 0 Å². The lowest BCUT2D eigenvalue weighted by Crippen LogP contribution is -2.31. The lowest BCUT2D eigenvalue weighted by Gasteiger charge is -2.22. The Bertz CT molecular complexity index is 617. The van der Waals surface area contributed by atoms with E-state index in [-0.39, 0.29) is 18.6 Å². The van der Waals surface area contributed by atoms with Gasteiger partial charge in [-0.05, 0) is 37.8 Å². The van der Waals surface area contributed by atoms with Gasteiger partial charge in [0.15, 0.2) is 0 Å². The number of aromatic amines is 1. The van der Waals surface area contributed by atoms with Crippen LogP contribution >= 0.6 is 0 Å². The summed E-state index contributed by atoms with van der Waals surface area (Å²) in [7, 11) is 0. The van der Waals surface area contributed by atoms with E-state index in [4.69, 9.17) is 9.47 Å². The minimum atomic E-state index is -0.0737. The number of nitrogens with zero attached hydrogens (tertiary/aromatic N) is 1. The van der Waals surface area contributed by atoms with E-state index in [1.54, 1.807) is 0 Å². The zero-order valence-corrected chi connectivity index (χ0v) is 13.9. The molecule has 2 N–H and O–H groups in total. The van der Waals surface area contributed by atoms with E-state index in [2.05, 4.69) is 15.3 Å². The topological polar surface area (TPSA) is 76.2 Å². The first-order valence-electron chi connectivity index (χ1n) is 8.71. The van der Waals surface area contributed by atoms with Crippen LogP contribution in [0.25, 0.3) is 11.0 Å². The zero-order valence-electron chi connectivity index (χ0n) is 13.9. The van der Waals surface area contributed by atoms with E-state index >= 15 is 0 Å². The second-order valence-electron chi connectivity index (χ2n) is 6.16. The predicted molar refractivity (Wildman–Crippen MR) is 91.8 cm³/mol. The number of amides is 1. The van der Waals surface area contributed by atoms with Crippen molar-refractivity contribution in [2.75, 3.05) is 26.4 Å². The van der Waals surface area contributed by atoms with Crippen LogP contribution in [0.4, 0.5) is 0 Å². The summed E-state index contributed by atoms with van der Waals surface area (Å²) in [5.41, 5.74) is 2.03. The summed E-state index contributed by atoms with van der Waals surface area (Å²) in [4.78, 5) is 19.6. The average Bonchev–Trinajstić information content (AvgIpc) is 3.02. The lowest BCUT2D eigenvalue weighted by molar-refractivity contribution is -0.127. The Morgan fingerprint density at radius 3 is 3.12 bits per heavy atom. The number of aromatic nitrogens is 2. The molecule has 1 fully saturated rings. The summed E-state index contributed by atoms with van der Waals surface area (Å²) in [6.07, 6.45) is 5.14. The van der Waals surface area contributed by atoms with Crippen molar-refractivity contribution in [2.45, 2.75) is 38.2 Å². The van der Waals surface area contributed by atoms with Crippen molar-refractivity contribution in [3.05, 3.63) is 30.1 Å². The standard InChI is InChI=1S/C18H25N3O3/c22-18(13-23-12-14-6-3-4-11-24-14)19-10-5-9-17-20-15-7-1-2-8-16(15)21-17/h1-2,7-8,14H,3-6,9-13H2,(H,19,22)(H,20,21)/t14-/m1/s1. The fraction of sp³-hybridized carbons (Fsp3) is 0.556. The van der Waals surface area contributed by atoms with E-state index in [0.717, 1.165) is 49.1 Å². The fourth-order valence-electron chi connectivity index (χ4n) is 2.88. The summed E-state index contributed by atoms with van der Waals surface area (Å²) >= 11 is 0. The van der Waals surface area contributed by atoms with Crippen LogP contribution in [0, 0.1) is 0 Å². The number of H-pyrrole nitrogens is 1. The number of carbonyl (C=O) groups is 1. The first-order valence-corrected chi connectivity index (χ1v) is 8.71. The van der Waals surface area contributed by atoms with Crippen molar-refractivity contribution in [1.29, 1.82) is 0 Å². The minimum absolute atomic E-state index is 0.0737. The number of para-hydroxylation sites is 2. The van der Waals surface area contributed by atoms with Crippen LogP contribution in [-0.4, -0.2) is 48.3 Å². The van der Waals surface area contributed by atoms with Crippen molar-refractivity contribution in [1.82, 2.24) is 15.3 Å². The average molecular weight is 331 g/mol. The summed E-state index contributed by atoms with van der Waals surface area (Å²) < 4.78 is 11.0. The van der Waals surface area contributed by atoms with E-state index in [1.165, 1.54) is 6.42 Å². The van der Waals surface area contributed by atoms with E-state index in [0.29, 0.717) is 13.2 Å². The molecule has 0 spiro atoms. The van der Waals surface area contributed by atoms with Crippen LogP contribution in [0.2, 0.25) is 0 Å². The Balaban J connectivity index is 1.27. The van der Waals surface area contributed by atoms with E-state index in [9.17, 15) is 4.79 Å². The highest BCUT2D eigenvalue weighted by Gasteiger charge is 2.14. The Morgan fingerprint density at radius 1 is 1.38 bits per heavy atom. The summed E-state index contributed by atoms with van der Waals surface area (Å²) in [5, 5.41) is 2.88. The van der Waals surface area contributed by atoms with Crippen LogP contribution in [-0.2, 0) is 20.7 Å². The number of hydrogen-bond acceptors (Lipinski definition) is 4. The molecule has 130 valence electrons. The molecule has 6 heteroatoms. The smallest absolute Gasteiger partial charge is 0.245 e. The van der Waals surface area contributed by atoms with Gasteiger partial charge in [-0.15, -0.1) is 0 Å². The molecule has 1 aliphatic rings. The third kappa shape index (κ3) is 5.04. The fourth-order valence-corrected chi connectivity index (χ4v) is 2.88. The maximum absolute atomic E-state index is 11.7. The highest BCUT2D eigenvalue weighted by molar-refractivity contribution is 5.77. The van der Waals surface area contributed by atoms with Crippen LogP contribution < -0.4 is 5.32 Å². The van der Waals surface area contributed by atoms with Gasteiger partial charge in [-0.2, -0.15) is 0 Å². The molecule has 1 aliphatic heterocycles. The van der Waals surface area contributed by atoms with Gasteiger partial charge >= 0.3 is 0 Å². The third-order valence-corrected chi connectivity index (χ3v) is 4.16. The second kappa shape index (κ2) is 8.80. The maximum atomic E-state index is 11.7. The van der Waals surface area contributed by atoms with E-state index < -0.39 is 0 Å². The molecule has 2 heterocycles. The van der Waals surface area contributed by atoms with Gasteiger partial charge in [0.25, 0.3) is 0 Å². The molecule has 3 rings (SSSR count). The Labute approximate surface area is 141 Å². The largest absolute Gasteiger partial charge is 0.376 e. The highest BCUT2D eigenvalue weighted by Crippen LogP contribution is 2.13. The molecule has 24 heavy (non-hydrogen) atoms. The number of hydrogen-bond donors (Lipinski definition) is 2. The van der Waals surface area contributed by atoms with Gasteiger partial charge in [-0.1, -0.05) is 12.1 Å². The van der Waals surface area contributed by atoms with Gasteiger partial charge in [0.1, 0.15) is 12.4 Å². The number of imidazole rings is 1. The molecule has 0 unspecified atom stereocenters. The Kier molecular flexibility index (Phi) is 6.20. The van der Waals surface area contributed by atoms with Gasteiger partial charge in [0.05, 0.1) is 23.7 Å². The molecule has 2 aromatic rings. The molecule has 0 aliphatic carbocycles. The molecule has 1 aromatic carbocycles. The van der Waals surface area contributed by atoms with Crippen molar-refractivity contribution < 1.29 is 14.3 Å². The Hall–Kier alpha value is -1.92. The summed E-state index contributed by atoms with van der Waals surface area (Å²) in [6.45, 7) is 2.04. The maximum Gasteiger partial charge on any atom is 0.245 e. The number of rotatable bonds is 8. The monoisotopic (exact) mass is 331 g/mol. The lowest BCUT2D eigenvalue weighted by atomic mass is 10.1. The first kappa shape index (κ1) is 16.9. The van der Waals surface area contributed by atoms with Crippen molar-refractivity contribution in [3.63, 3.8) is 0 Å². The van der Waals surface area contributed by atoms with Gasteiger partial charge in [-0.25, -0.2) is 4.98 Å². The molecule has 6 nitrogen and oxygen atoms in total. The minimum Gasteiger partial charge on any atom is -0.376 e. The number of benzene rings is 1. The quantitative estimate of drug-likeness (QED) is 0.727. The van der Waals surface area contributed by atoms with Gasteiger partial charge in [0.2, 0.25) is 5.91 Å². The summed E-state index contributed by atoms with van der Waals surface area (Å²) in [5.74, 6) is 0.881. The molecular formula is C18H25N3O3. The van der Waals surface area contributed by atoms with Crippen LogP contribution in [0.15, 0.2) is 24.3 Å². The molecule has 1 aromatic heterocycles. The van der Waals surface area contributed by atoms with Gasteiger partial charge < -0.3 is 19.8 Å². The molecule has 0 saturated carbocycles. The molecule has 1 saturated heterocycles. The normalized spacial score (nSPS) is 17.9. The number of ether oxygens (including phenoxy) is 2. The van der Waals surface area contributed by atoms with Crippen molar-refractivity contribution in [3.8, 4) is 0 Å².